The molecule has 1 aromatic heterocycles. The molecule has 0 unspecified atom stereocenters. The van der Waals surface area contributed by atoms with E-state index in [0.717, 1.165) is 5.69 Å². The van der Waals surface area contributed by atoms with Crippen molar-refractivity contribution in [2.75, 3.05) is 0 Å². The van der Waals surface area contributed by atoms with Gasteiger partial charge in [0.2, 0.25) is 0 Å². The van der Waals surface area contributed by atoms with E-state index >= 15 is 0 Å². The molecule has 0 radical (unpaired) electrons. The van der Waals surface area contributed by atoms with Gasteiger partial charge in [0.1, 0.15) is 0 Å². The number of nitrogens with zero attached hydrogens (tertiary/aromatic N) is 1. The summed E-state index contributed by atoms with van der Waals surface area (Å²) in [5.74, 6) is 0. The molecule has 0 fully saturated rings. The van der Waals surface area contributed by atoms with Gasteiger partial charge in [-0.15, -0.1) is 0 Å². The van der Waals surface area contributed by atoms with Gasteiger partial charge in [0.05, 0.1) is 0 Å². The fourth-order valence-corrected chi connectivity index (χ4v) is 1.95. The predicted octanol–water partition coefficient (Wildman–Crippen LogP) is 3.24. The van der Waals surface area contributed by atoms with Crippen LogP contribution < -0.4 is 0 Å². The monoisotopic (exact) mass is 203 g/mol. The van der Waals surface area contributed by atoms with Crippen LogP contribution in [0.25, 0.3) is 21.9 Å². The Morgan fingerprint density at radius 3 is 2.44 bits per heavy atom. The molecule has 2 aromatic carbocycles. The van der Waals surface area contributed by atoms with Gasteiger partial charge in [-0.3, -0.25) is 0 Å². The fourth-order valence-electron chi connectivity index (χ4n) is 1.95. The molecule has 16 heavy (non-hydrogen) atoms. The summed E-state index contributed by atoms with van der Waals surface area (Å²) in [6, 6.07) is 18.6. The molecule has 3 aromatic rings. The van der Waals surface area contributed by atoms with Crippen LogP contribution >= 0.6 is 0 Å². The number of hydrogen-bond acceptors (Lipinski definition) is 1. The molecule has 0 N–H and O–H groups in total. The fraction of sp³-hybridized carbons (Fsp3) is 0. The van der Waals surface area contributed by atoms with Gasteiger partial charge in [-0.25, -0.2) is 0 Å². The third kappa shape index (κ3) is 1.52. The Hall–Kier alpha value is -1.96. The Morgan fingerprint density at radius 2 is 1.56 bits per heavy atom. The van der Waals surface area contributed by atoms with Crippen molar-refractivity contribution in [2.45, 2.75) is 0 Å². The molecular formula is C14H10BN. The summed E-state index contributed by atoms with van der Waals surface area (Å²) in [5, 5.41) is 2.44. The molecular weight excluding hydrogens is 193 g/mol. The molecule has 0 saturated heterocycles. The van der Waals surface area contributed by atoms with Gasteiger partial charge in [0.15, 0.2) is 0 Å². The first-order valence-electron chi connectivity index (χ1n) is 5.34. The van der Waals surface area contributed by atoms with Crippen molar-refractivity contribution in [3.8, 4) is 11.3 Å². The maximum atomic E-state index is 4.48. The van der Waals surface area contributed by atoms with Crippen molar-refractivity contribution in [2.24, 2.45) is 0 Å². The summed E-state index contributed by atoms with van der Waals surface area (Å²) >= 11 is 0. The van der Waals surface area contributed by atoms with Crippen molar-refractivity contribution in [1.82, 2.24) is 4.98 Å². The summed E-state index contributed by atoms with van der Waals surface area (Å²) < 4.78 is 0. The van der Waals surface area contributed by atoms with Crippen LogP contribution in [-0.4, -0.2) is 11.9 Å². The van der Waals surface area contributed by atoms with Gasteiger partial charge in [-0.1, -0.05) is 0 Å². The zero-order valence-electron chi connectivity index (χ0n) is 8.80. The van der Waals surface area contributed by atoms with Crippen LogP contribution in [0.15, 0.2) is 60.7 Å². The molecule has 1 nitrogen and oxygen atoms in total. The van der Waals surface area contributed by atoms with Crippen LogP contribution in [0.1, 0.15) is 0 Å². The molecule has 3 rings (SSSR count). The molecule has 0 aliphatic heterocycles. The van der Waals surface area contributed by atoms with E-state index in [1.807, 2.05) is 31.2 Å². The van der Waals surface area contributed by atoms with Crippen LogP contribution in [0.3, 0.4) is 0 Å². The standard InChI is InChI=1S/C14H10BN/c1-2-6-11(7-3-1)14-12-8-4-5-9-13(12)15-10-16-14/h1-10H. The molecule has 0 atom stereocenters. The minimum absolute atomic E-state index is 1.05. The number of aromatic nitrogens is 1. The summed E-state index contributed by atoms with van der Waals surface area (Å²) in [6.45, 7) is 2.04. The Balaban J connectivity index is 2.32. The van der Waals surface area contributed by atoms with E-state index in [1.54, 1.807) is 0 Å². The van der Waals surface area contributed by atoms with Crippen molar-refractivity contribution < 1.29 is 0 Å². The van der Waals surface area contributed by atoms with Crippen molar-refractivity contribution in [3.63, 3.8) is 0 Å². The molecule has 1 heterocycles. The molecule has 0 bridgehead atoms. The molecule has 0 aliphatic rings. The van der Waals surface area contributed by atoms with E-state index < -0.39 is 0 Å². The summed E-state index contributed by atoms with van der Waals surface area (Å²) in [6.07, 6.45) is 1.87. The van der Waals surface area contributed by atoms with Crippen molar-refractivity contribution in [3.05, 3.63) is 60.7 Å². The normalized spacial score (nSPS) is 10.2. The van der Waals surface area contributed by atoms with Gasteiger partial charge >= 0.3 is 94.5 Å². The van der Waals surface area contributed by atoms with Gasteiger partial charge in [0.25, 0.3) is 0 Å². The number of fused-ring (bicyclic) bond motifs is 1. The average Bonchev–Trinajstić information content (AvgIpc) is 2.39. The van der Waals surface area contributed by atoms with E-state index in [9.17, 15) is 0 Å². The first kappa shape index (κ1) is 9.28. The van der Waals surface area contributed by atoms with Gasteiger partial charge in [0, 0.05) is 0 Å². The number of benzene rings is 2. The van der Waals surface area contributed by atoms with Crippen molar-refractivity contribution in [1.29, 1.82) is 0 Å². The van der Waals surface area contributed by atoms with Crippen LogP contribution in [0.4, 0.5) is 0 Å². The molecule has 74 valence electrons. The third-order valence-electron chi connectivity index (χ3n) is 2.72. The molecule has 0 amide bonds. The summed E-state index contributed by atoms with van der Waals surface area (Å²) in [7, 11) is 0. The van der Waals surface area contributed by atoms with E-state index in [1.165, 1.54) is 16.2 Å². The quantitative estimate of drug-likeness (QED) is 0.591. The zero-order chi connectivity index (χ0) is 10.8. The topological polar surface area (TPSA) is 12.9 Å². The van der Waals surface area contributed by atoms with Gasteiger partial charge < -0.3 is 0 Å². The first-order valence-corrected chi connectivity index (χ1v) is 5.34. The second-order valence-corrected chi connectivity index (χ2v) is 3.75. The Bertz CT molecular complexity index is 614. The second kappa shape index (κ2) is 3.89. The van der Waals surface area contributed by atoms with E-state index in [4.69, 9.17) is 0 Å². The van der Waals surface area contributed by atoms with Crippen LogP contribution in [0.5, 0.6) is 0 Å². The SMILES string of the molecule is b1cnc(-c2ccccc2)c2ccccc12. The number of rotatable bonds is 1. The Labute approximate surface area is 95.0 Å². The first-order chi connectivity index (χ1) is 7.95. The summed E-state index contributed by atoms with van der Waals surface area (Å²) in [4.78, 5) is 4.48. The van der Waals surface area contributed by atoms with Crippen LogP contribution in [0.2, 0.25) is 0 Å². The Morgan fingerprint density at radius 1 is 0.812 bits per heavy atom. The third-order valence-corrected chi connectivity index (χ3v) is 2.72. The maximum absolute atomic E-state index is 4.48. The predicted molar refractivity (Wildman–Crippen MR) is 68.5 cm³/mol. The zero-order valence-corrected chi connectivity index (χ0v) is 8.80. The van der Waals surface area contributed by atoms with Crippen molar-refractivity contribution >= 4 is 17.6 Å². The Kier molecular flexibility index (Phi) is 2.26. The van der Waals surface area contributed by atoms with Crippen LogP contribution in [0, 0.1) is 0 Å². The average molecular weight is 203 g/mol. The van der Waals surface area contributed by atoms with Gasteiger partial charge in [-0.2, -0.15) is 0 Å². The van der Waals surface area contributed by atoms with E-state index in [-0.39, 0.29) is 0 Å². The number of hydrogen-bond donors (Lipinski definition) is 0. The van der Waals surface area contributed by atoms with E-state index in [0.29, 0.717) is 0 Å². The van der Waals surface area contributed by atoms with Gasteiger partial charge in [-0.05, 0) is 0 Å². The second-order valence-electron chi connectivity index (χ2n) is 3.75. The molecule has 2 heteroatoms. The molecule has 0 aliphatic carbocycles. The molecule has 0 saturated carbocycles. The van der Waals surface area contributed by atoms with E-state index in [2.05, 4.69) is 41.4 Å². The summed E-state index contributed by atoms with van der Waals surface area (Å²) in [5.41, 5.74) is 2.22. The van der Waals surface area contributed by atoms with Crippen LogP contribution in [-0.2, 0) is 0 Å². The molecule has 0 spiro atoms. The minimum atomic E-state index is 1.05.